The van der Waals surface area contributed by atoms with Crippen molar-refractivity contribution in [1.29, 1.82) is 0 Å². The maximum Gasteiger partial charge on any atom is 0.540 e. The zero-order valence-corrected chi connectivity index (χ0v) is 42.6. The summed E-state index contributed by atoms with van der Waals surface area (Å²) in [5.41, 5.74) is -1.97. The first-order valence-electron chi connectivity index (χ1n) is 21.3. The number of hydrogen-bond donors (Lipinski definition) is 0. The van der Waals surface area contributed by atoms with Gasteiger partial charge in [0.15, 0.2) is 24.9 Å². The molecule has 0 heterocycles. The van der Waals surface area contributed by atoms with Gasteiger partial charge in [0.2, 0.25) is 0 Å². The van der Waals surface area contributed by atoms with Gasteiger partial charge in [0.25, 0.3) is 0 Å². The molecule has 0 amide bonds. The Bertz CT molecular complexity index is 1210. The highest BCUT2D eigenvalue weighted by molar-refractivity contribution is 6.62. The van der Waals surface area contributed by atoms with Gasteiger partial charge in [-0.05, 0) is 95.2 Å². The summed E-state index contributed by atoms with van der Waals surface area (Å²) in [4.78, 5) is 56.9. The summed E-state index contributed by atoms with van der Waals surface area (Å²) in [6.45, 7) is 22.8. The van der Waals surface area contributed by atoms with E-state index in [-0.39, 0.29) is 79.3 Å². The van der Waals surface area contributed by atoms with Crippen molar-refractivity contribution < 1.29 is 91.2 Å². The number of benzene rings is 1. The first kappa shape index (κ1) is 57.5. The number of esters is 4. The standard InChI is InChI=1S/C38H70O20Si4/c1-13-47-59(48-14-2,49-15-3)27-43-35(39)31-25-33(37(41)45-29-61(53-19-7,54-20-8)55-21-9)34(38(42)46-30-62(56-22-10,57-23-11)58-24-12)26-32(31)36(40)44-28-60(50-16-4,51-17-5)52-18-6/h25-26H,13-24,27-30H2,1-12H3. The van der Waals surface area contributed by atoms with Crippen molar-refractivity contribution in [3.05, 3.63) is 34.4 Å². The summed E-state index contributed by atoms with van der Waals surface area (Å²) >= 11 is 0. The van der Waals surface area contributed by atoms with Crippen LogP contribution in [0.4, 0.5) is 0 Å². The molecule has 0 spiro atoms. The van der Waals surface area contributed by atoms with E-state index in [4.69, 9.17) is 72.1 Å². The highest BCUT2D eigenvalue weighted by Gasteiger charge is 2.47. The van der Waals surface area contributed by atoms with Crippen molar-refractivity contribution in [1.82, 2.24) is 0 Å². The normalized spacial score (nSPS) is 12.3. The van der Waals surface area contributed by atoms with Gasteiger partial charge < -0.3 is 72.1 Å². The summed E-state index contributed by atoms with van der Waals surface area (Å²) in [6, 6.07) is 1.95. The summed E-state index contributed by atoms with van der Waals surface area (Å²) in [5.74, 6) is -4.49. The second-order valence-corrected chi connectivity index (χ2v) is 22.3. The van der Waals surface area contributed by atoms with Crippen molar-refractivity contribution in [3.8, 4) is 0 Å². The summed E-state index contributed by atoms with van der Waals surface area (Å²) in [6.07, 6.45) is -1.89. The molecule has 0 aliphatic rings. The number of carbonyl (C=O) groups is 4. The van der Waals surface area contributed by atoms with Crippen LogP contribution in [-0.4, -0.2) is 163 Å². The van der Waals surface area contributed by atoms with E-state index in [0.717, 1.165) is 12.1 Å². The zero-order valence-electron chi connectivity index (χ0n) is 38.6. The van der Waals surface area contributed by atoms with Crippen LogP contribution in [-0.2, 0) is 72.1 Å². The molecular weight excluding hydrogens is 889 g/mol. The van der Waals surface area contributed by atoms with Gasteiger partial charge in [-0.2, -0.15) is 0 Å². The third-order valence-electron chi connectivity index (χ3n) is 7.93. The van der Waals surface area contributed by atoms with Crippen LogP contribution in [0.15, 0.2) is 12.1 Å². The maximum atomic E-state index is 14.2. The quantitative estimate of drug-likeness (QED) is 0.0508. The van der Waals surface area contributed by atoms with E-state index in [1.807, 2.05) is 0 Å². The Hall–Kier alpha value is -2.51. The second kappa shape index (κ2) is 30.6. The molecule has 0 atom stereocenters. The molecule has 20 nitrogen and oxygen atoms in total. The summed E-state index contributed by atoms with van der Waals surface area (Å²) < 4.78 is 93.2. The van der Waals surface area contributed by atoms with Gasteiger partial charge in [-0.25, -0.2) is 19.2 Å². The molecule has 62 heavy (non-hydrogen) atoms. The molecule has 1 aromatic rings. The number of hydrogen-bond acceptors (Lipinski definition) is 20. The van der Waals surface area contributed by atoms with Crippen LogP contribution >= 0.6 is 0 Å². The molecule has 0 saturated heterocycles. The monoisotopic (exact) mass is 958 g/mol. The minimum Gasteiger partial charge on any atom is -0.457 e. The van der Waals surface area contributed by atoms with Gasteiger partial charge in [-0.3, -0.25) is 0 Å². The molecule has 1 aromatic carbocycles. The van der Waals surface area contributed by atoms with E-state index in [1.165, 1.54) is 0 Å². The minimum atomic E-state index is -3.61. The Balaban J connectivity index is 4.17. The topological polar surface area (TPSA) is 216 Å². The van der Waals surface area contributed by atoms with Crippen molar-refractivity contribution in [2.24, 2.45) is 0 Å². The molecule has 24 heteroatoms. The lowest BCUT2D eigenvalue weighted by molar-refractivity contribution is 0.0215. The molecule has 0 aliphatic carbocycles. The molecular formula is C38H70O20Si4. The Kier molecular flexibility index (Phi) is 28.4. The van der Waals surface area contributed by atoms with E-state index in [1.54, 1.807) is 83.1 Å². The van der Waals surface area contributed by atoms with Crippen LogP contribution in [0.2, 0.25) is 0 Å². The fraction of sp³-hybridized carbons (Fsp3) is 0.737. The van der Waals surface area contributed by atoms with E-state index in [2.05, 4.69) is 0 Å². The van der Waals surface area contributed by atoms with E-state index >= 15 is 0 Å². The Morgan fingerprint density at radius 1 is 0.290 bits per heavy atom. The van der Waals surface area contributed by atoms with E-state index in [0.29, 0.717) is 0 Å². The highest BCUT2D eigenvalue weighted by Crippen LogP contribution is 2.25. The van der Waals surface area contributed by atoms with Gasteiger partial charge in [0, 0.05) is 79.3 Å². The number of carbonyl (C=O) groups excluding carboxylic acids is 4. The lowest BCUT2D eigenvalue weighted by atomic mass is 9.98. The lowest BCUT2D eigenvalue weighted by Crippen LogP contribution is -2.51. The van der Waals surface area contributed by atoms with Crippen molar-refractivity contribution in [3.63, 3.8) is 0 Å². The van der Waals surface area contributed by atoms with Crippen molar-refractivity contribution >= 4 is 59.1 Å². The van der Waals surface area contributed by atoms with Gasteiger partial charge in [-0.15, -0.1) is 0 Å². The molecule has 0 fully saturated rings. The summed E-state index contributed by atoms with van der Waals surface area (Å²) in [7, 11) is -14.4. The largest absolute Gasteiger partial charge is 0.540 e. The molecule has 0 aromatic heterocycles. The SMILES string of the molecule is CCO[Si](COC(=O)c1cc(C(=O)OC[Si](OCC)(OCC)OCC)c(C(=O)OC[Si](OCC)(OCC)OCC)cc1C(=O)OC[Si](OCC)(OCC)OCC)(OCC)OCC. The molecule has 0 N–H and O–H groups in total. The molecule has 0 saturated carbocycles. The predicted molar refractivity (Wildman–Crippen MR) is 230 cm³/mol. The molecule has 0 aliphatic heterocycles. The Morgan fingerprint density at radius 2 is 0.419 bits per heavy atom. The Labute approximate surface area is 371 Å². The smallest absolute Gasteiger partial charge is 0.457 e. The van der Waals surface area contributed by atoms with Crippen LogP contribution < -0.4 is 0 Å². The van der Waals surface area contributed by atoms with Crippen molar-refractivity contribution in [2.45, 2.75) is 83.1 Å². The van der Waals surface area contributed by atoms with Crippen LogP contribution in [0, 0.1) is 0 Å². The molecule has 1 rings (SSSR count). The maximum absolute atomic E-state index is 14.2. The molecule has 0 unspecified atom stereocenters. The average molecular weight is 959 g/mol. The first-order chi connectivity index (χ1) is 29.7. The van der Waals surface area contributed by atoms with Crippen LogP contribution in [0.5, 0.6) is 0 Å². The first-order valence-corrected chi connectivity index (χ1v) is 29.0. The number of ether oxygens (including phenoxy) is 4. The van der Waals surface area contributed by atoms with Gasteiger partial charge in [-0.1, -0.05) is 0 Å². The van der Waals surface area contributed by atoms with Gasteiger partial charge in [0.1, 0.15) is 0 Å². The zero-order chi connectivity index (χ0) is 46.7. The van der Waals surface area contributed by atoms with Crippen LogP contribution in [0.3, 0.4) is 0 Å². The minimum absolute atomic E-state index is 0.176. The van der Waals surface area contributed by atoms with Crippen LogP contribution in [0.25, 0.3) is 0 Å². The summed E-state index contributed by atoms with van der Waals surface area (Å²) in [5, 5.41) is 0. The fourth-order valence-electron chi connectivity index (χ4n) is 5.84. The third kappa shape index (κ3) is 17.8. The van der Waals surface area contributed by atoms with Gasteiger partial charge in [0.05, 0.1) is 22.3 Å². The Morgan fingerprint density at radius 3 is 0.532 bits per heavy atom. The number of rotatable bonds is 36. The fourth-order valence-corrected chi connectivity index (χ4v) is 14.4. The molecule has 0 radical (unpaired) electrons. The predicted octanol–water partition coefficient (Wildman–Crippen LogP) is 4.66. The average Bonchev–Trinajstić information content (AvgIpc) is 3.24. The third-order valence-corrected chi connectivity index (χ3v) is 18.7. The van der Waals surface area contributed by atoms with Crippen molar-refractivity contribution in [2.75, 3.05) is 104 Å². The molecule has 358 valence electrons. The lowest BCUT2D eigenvalue weighted by Gasteiger charge is -2.29. The highest BCUT2D eigenvalue weighted by atomic mass is 28.4. The van der Waals surface area contributed by atoms with E-state index < -0.39 is 106 Å². The van der Waals surface area contributed by atoms with E-state index in [9.17, 15) is 19.2 Å². The molecule has 0 bridgehead atoms. The van der Waals surface area contributed by atoms with Gasteiger partial charge >= 0.3 is 59.1 Å². The van der Waals surface area contributed by atoms with Crippen LogP contribution in [0.1, 0.15) is 125 Å². The second-order valence-electron chi connectivity index (χ2n) is 12.2.